The Kier molecular flexibility index (Phi) is 3.35. The second-order valence-corrected chi connectivity index (χ2v) is 5.70. The van der Waals surface area contributed by atoms with Crippen LogP contribution in [0.3, 0.4) is 0 Å². The number of hydrogen-bond donors (Lipinski definition) is 4. The van der Waals surface area contributed by atoms with E-state index in [1.165, 1.54) is 6.92 Å². The molecule has 0 fully saturated rings. The summed E-state index contributed by atoms with van der Waals surface area (Å²) in [5.41, 5.74) is 4.98. The van der Waals surface area contributed by atoms with Gasteiger partial charge in [-0.25, -0.2) is 9.48 Å². The molecule has 0 bridgehead atoms. The molecule has 1 aromatic carbocycles. The minimum absolute atomic E-state index is 0.0264. The van der Waals surface area contributed by atoms with Crippen LogP contribution >= 0.6 is 0 Å². The van der Waals surface area contributed by atoms with Gasteiger partial charge in [0.05, 0.1) is 10.6 Å². The first kappa shape index (κ1) is 14.8. The molecule has 0 amide bonds. The number of aromatic nitrogens is 2. The Bertz CT molecular complexity index is 893. The predicted molar refractivity (Wildman–Crippen MR) is 72.3 cm³/mol. The van der Waals surface area contributed by atoms with Crippen molar-refractivity contribution in [3.8, 4) is 5.69 Å². The Balaban J connectivity index is 2.78. The van der Waals surface area contributed by atoms with Crippen molar-refractivity contribution in [1.82, 2.24) is 9.78 Å². The Hall–Kier alpha value is -2.59. The molecule has 0 saturated heterocycles. The van der Waals surface area contributed by atoms with Crippen molar-refractivity contribution in [2.75, 3.05) is 5.73 Å². The maximum absolute atomic E-state index is 11.8. The van der Waals surface area contributed by atoms with E-state index in [0.717, 1.165) is 22.9 Å². The first-order chi connectivity index (χ1) is 9.61. The number of nitrogen functional groups attached to an aromatic ring is 1. The van der Waals surface area contributed by atoms with Crippen molar-refractivity contribution in [2.45, 2.75) is 11.8 Å². The van der Waals surface area contributed by atoms with E-state index in [1.807, 2.05) is 0 Å². The molecule has 0 unspecified atom stereocenters. The fourth-order valence-electron chi connectivity index (χ4n) is 1.76. The van der Waals surface area contributed by atoms with Crippen LogP contribution in [0.4, 0.5) is 5.69 Å². The van der Waals surface area contributed by atoms with Crippen LogP contribution in [0.5, 0.6) is 0 Å². The van der Waals surface area contributed by atoms with Crippen molar-refractivity contribution in [3.63, 3.8) is 0 Å². The molecular weight excluding hydrogens is 302 g/mol. The van der Waals surface area contributed by atoms with Crippen molar-refractivity contribution in [1.29, 1.82) is 0 Å². The summed E-state index contributed by atoms with van der Waals surface area (Å²) < 4.78 is 32.3. The maximum atomic E-state index is 11.8. The van der Waals surface area contributed by atoms with Gasteiger partial charge in [-0.05, 0) is 24.6 Å². The lowest BCUT2D eigenvalue weighted by atomic mass is 10.1. The van der Waals surface area contributed by atoms with Crippen LogP contribution in [0.1, 0.15) is 16.1 Å². The van der Waals surface area contributed by atoms with Gasteiger partial charge in [0.15, 0.2) is 0 Å². The van der Waals surface area contributed by atoms with Crippen LogP contribution in [-0.2, 0) is 10.1 Å². The zero-order valence-corrected chi connectivity index (χ0v) is 11.5. The number of nitrogens with two attached hydrogens (primary N) is 1. The molecule has 0 atom stereocenters. The number of benzene rings is 1. The summed E-state index contributed by atoms with van der Waals surface area (Å²) in [6.45, 7) is 1.52. The number of carboxylic acid groups (broad SMARTS) is 1. The number of rotatable bonds is 3. The topological polar surface area (TPSA) is 155 Å². The van der Waals surface area contributed by atoms with Gasteiger partial charge in [0.2, 0.25) is 0 Å². The molecule has 1 aromatic heterocycles. The summed E-state index contributed by atoms with van der Waals surface area (Å²) in [7, 11) is -4.52. The number of H-pyrrole nitrogens is 1. The van der Waals surface area contributed by atoms with Crippen LogP contribution in [-0.4, -0.2) is 33.8 Å². The van der Waals surface area contributed by atoms with Gasteiger partial charge < -0.3 is 10.8 Å². The molecule has 5 N–H and O–H groups in total. The number of carboxylic acids is 1. The zero-order valence-electron chi connectivity index (χ0n) is 10.7. The van der Waals surface area contributed by atoms with Gasteiger partial charge in [-0.15, -0.1) is 0 Å². The third kappa shape index (κ3) is 2.66. The van der Waals surface area contributed by atoms with E-state index in [4.69, 9.17) is 15.4 Å². The highest BCUT2D eigenvalue weighted by atomic mass is 32.2. The maximum Gasteiger partial charge on any atom is 0.353 e. The Morgan fingerprint density at radius 1 is 1.33 bits per heavy atom. The number of nitrogens with zero attached hydrogens (tertiary/aromatic N) is 1. The molecule has 0 saturated carbocycles. The van der Waals surface area contributed by atoms with Crippen molar-refractivity contribution >= 4 is 21.8 Å². The van der Waals surface area contributed by atoms with Gasteiger partial charge in [-0.2, -0.15) is 8.42 Å². The quantitative estimate of drug-likeness (QED) is 0.459. The molecule has 9 nitrogen and oxygen atoms in total. The van der Waals surface area contributed by atoms with Gasteiger partial charge in [0.25, 0.3) is 15.7 Å². The third-order valence-electron chi connectivity index (χ3n) is 2.88. The second-order valence-electron chi connectivity index (χ2n) is 4.28. The molecule has 112 valence electrons. The average Bonchev–Trinajstić information content (AvgIpc) is 2.73. The molecular formula is C11H11N3O6S. The summed E-state index contributed by atoms with van der Waals surface area (Å²) in [6.07, 6.45) is 0. The van der Waals surface area contributed by atoms with E-state index < -0.39 is 26.5 Å². The number of aromatic amines is 1. The highest BCUT2D eigenvalue weighted by Crippen LogP contribution is 2.24. The predicted octanol–water partition coefficient (Wildman–Crippen LogP) is 0.00112. The van der Waals surface area contributed by atoms with E-state index in [1.54, 1.807) is 0 Å². The summed E-state index contributed by atoms with van der Waals surface area (Å²) in [5, 5.41) is 11.1. The van der Waals surface area contributed by atoms with E-state index in [2.05, 4.69) is 5.10 Å². The largest absolute Gasteiger partial charge is 0.477 e. The number of carbonyl (C=O) groups is 1. The van der Waals surface area contributed by atoms with Crippen LogP contribution in [0, 0.1) is 6.92 Å². The average molecular weight is 313 g/mol. The van der Waals surface area contributed by atoms with E-state index >= 15 is 0 Å². The molecule has 2 rings (SSSR count). The zero-order chi connectivity index (χ0) is 15.9. The van der Waals surface area contributed by atoms with Gasteiger partial charge in [0, 0.05) is 11.8 Å². The normalized spacial score (nSPS) is 11.5. The van der Waals surface area contributed by atoms with E-state index in [9.17, 15) is 18.0 Å². The smallest absolute Gasteiger partial charge is 0.353 e. The highest BCUT2D eigenvalue weighted by Gasteiger charge is 2.18. The number of hydrogen-bond acceptors (Lipinski definition) is 5. The summed E-state index contributed by atoms with van der Waals surface area (Å²) in [6, 6.07) is 2.91. The fourth-order valence-corrected chi connectivity index (χ4v) is 2.30. The van der Waals surface area contributed by atoms with Crippen LogP contribution < -0.4 is 11.3 Å². The SMILES string of the molecule is Cc1c(N)cc(S(=O)(=O)O)cc1-n1[nH]c(C(=O)O)cc1=O. The van der Waals surface area contributed by atoms with Gasteiger partial charge in [0.1, 0.15) is 5.69 Å². The lowest BCUT2D eigenvalue weighted by molar-refractivity contribution is 0.0690. The van der Waals surface area contributed by atoms with Crippen LogP contribution in [0.15, 0.2) is 27.9 Å². The second kappa shape index (κ2) is 4.75. The lowest BCUT2D eigenvalue weighted by Gasteiger charge is -2.10. The van der Waals surface area contributed by atoms with Crippen molar-refractivity contribution < 1.29 is 22.9 Å². The Morgan fingerprint density at radius 3 is 2.43 bits per heavy atom. The summed E-state index contributed by atoms with van der Waals surface area (Å²) in [4.78, 5) is 22.1. The molecule has 0 aliphatic carbocycles. The number of aromatic carboxylic acids is 1. The number of anilines is 1. The Labute approximate surface area is 118 Å². The first-order valence-corrected chi connectivity index (χ1v) is 6.98. The van der Waals surface area contributed by atoms with Crippen molar-refractivity contribution in [3.05, 3.63) is 39.8 Å². The van der Waals surface area contributed by atoms with Crippen LogP contribution in [0.25, 0.3) is 5.69 Å². The third-order valence-corrected chi connectivity index (χ3v) is 3.72. The molecule has 0 radical (unpaired) electrons. The van der Waals surface area contributed by atoms with Crippen molar-refractivity contribution in [2.24, 2.45) is 0 Å². The molecule has 0 aliphatic rings. The van der Waals surface area contributed by atoms with Gasteiger partial charge in [-0.1, -0.05) is 0 Å². The van der Waals surface area contributed by atoms with E-state index in [0.29, 0.717) is 5.56 Å². The molecule has 0 aliphatic heterocycles. The van der Waals surface area contributed by atoms with Gasteiger partial charge in [-0.3, -0.25) is 14.4 Å². The molecule has 21 heavy (non-hydrogen) atoms. The minimum atomic E-state index is -4.52. The standard InChI is InChI=1S/C11H11N3O6S/c1-5-7(12)2-6(21(18,19)20)3-9(5)14-10(15)4-8(13-14)11(16)17/h2-4,13H,12H2,1H3,(H,16,17)(H,18,19,20). The monoisotopic (exact) mass is 313 g/mol. The van der Waals surface area contributed by atoms with Gasteiger partial charge >= 0.3 is 5.97 Å². The number of nitrogens with one attached hydrogen (secondary N) is 1. The molecule has 1 heterocycles. The van der Waals surface area contributed by atoms with E-state index in [-0.39, 0.29) is 17.1 Å². The Morgan fingerprint density at radius 2 is 1.95 bits per heavy atom. The van der Waals surface area contributed by atoms with Crippen LogP contribution in [0.2, 0.25) is 0 Å². The molecule has 10 heteroatoms. The fraction of sp³-hybridized carbons (Fsp3) is 0.0909. The highest BCUT2D eigenvalue weighted by molar-refractivity contribution is 7.85. The molecule has 2 aromatic rings. The lowest BCUT2D eigenvalue weighted by Crippen LogP contribution is -2.16. The molecule has 0 spiro atoms. The summed E-state index contributed by atoms with van der Waals surface area (Å²) >= 11 is 0. The summed E-state index contributed by atoms with van der Waals surface area (Å²) in [5.74, 6) is -1.34. The minimum Gasteiger partial charge on any atom is -0.477 e. The first-order valence-electron chi connectivity index (χ1n) is 5.54.